The third-order valence-corrected chi connectivity index (χ3v) is 2.61. The first kappa shape index (κ1) is 12.8. The Balaban J connectivity index is 2.57. The van der Waals surface area contributed by atoms with Crippen molar-refractivity contribution in [3.05, 3.63) is 40.9 Å². The molecule has 0 aliphatic heterocycles. The number of hydrogen-bond acceptors (Lipinski definition) is 3. The van der Waals surface area contributed by atoms with Crippen LogP contribution < -0.4 is 0 Å². The van der Waals surface area contributed by atoms with Crippen molar-refractivity contribution < 1.29 is 18.3 Å². The van der Waals surface area contributed by atoms with Crippen LogP contribution in [0.2, 0.25) is 5.02 Å². The van der Waals surface area contributed by atoms with Crippen molar-refractivity contribution in [2.45, 2.75) is 12.8 Å². The van der Waals surface area contributed by atoms with E-state index in [2.05, 4.69) is 10.2 Å². The van der Waals surface area contributed by atoms with Crippen LogP contribution >= 0.6 is 11.6 Å². The molecule has 1 N–H and O–H groups in total. The standard InChI is InChI=1S/C10H7ClF3N3O/c11-7-2-1-6(10(12,13)14)3-8(7)17-5-15-16-9(17)4-18/h1-3,5,18H,4H2. The van der Waals surface area contributed by atoms with E-state index in [0.29, 0.717) is 0 Å². The first-order valence-electron chi connectivity index (χ1n) is 4.80. The number of aliphatic hydroxyl groups is 1. The van der Waals surface area contributed by atoms with Crippen LogP contribution in [0.3, 0.4) is 0 Å². The summed E-state index contributed by atoms with van der Waals surface area (Å²) < 4.78 is 39.0. The molecule has 0 aliphatic rings. The molecule has 0 atom stereocenters. The van der Waals surface area contributed by atoms with Crippen LogP contribution in [0.5, 0.6) is 0 Å². The van der Waals surface area contributed by atoms with Crippen LogP contribution in [0.25, 0.3) is 5.69 Å². The fraction of sp³-hybridized carbons (Fsp3) is 0.200. The van der Waals surface area contributed by atoms with Gasteiger partial charge in [0, 0.05) is 0 Å². The van der Waals surface area contributed by atoms with E-state index in [1.54, 1.807) is 0 Å². The van der Waals surface area contributed by atoms with Crippen LogP contribution in [0, 0.1) is 0 Å². The Hall–Kier alpha value is -1.60. The third-order valence-electron chi connectivity index (χ3n) is 2.29. The fourth-order valence-electron chi connectivity index (χ4n) is 1.44. The van der Waals surface area contributed by atoms with Crippen molar-refractivity contribution in [2.24, 2.45) is 0 Å². The molecule has 8 heteroatoms. The zero-order valence-corrected chi connectivity index (χ0v) is 9.57. The maximum atomic E-state index is 12.6. The number of nitrogens with zero attached hydrogens (tertiary/aromatic N) is 3. The molecule has 2 rings (SSSR count). The number of aliphatic hydroxyl groups excluding tert-OH is 1. The van der Waals surface area contributed by atoms with Gasteiger partial charge < -0.3 is 5.11 Å². The van der Waals surface area contributed by atoms with Crippen molar-refractivity contribution in [1.29, 1.82) is 0 Å². The van der Waals surface area contributed by atoms with Crippen molar-refractivity contribution in [3.63, 3.8) is 0 Å². The van der Waals surface area contributed by atoms with Gasteiger partial charge in [-0.3, -0.25) is 4.57 Å². The molecule has 96 valence electrons. The Morgan fingerprint density at radius 3 is 2.67 bits per heavy atom. The molecule has 0 radical (unpaired) electrons. The molecule has 4 nitrogen and oxygen atoms in total. The van der Waals surface area contributed by atoms with Crippen LogP contribution in [-0.2, 0) is 12.8 Å². The van der Waals surface area contributed by atoms with Crippen molar-refractivity contribution >= 4 is 11.6 Å². The second-order valence-electron chi connectivity index (χ2n) is 3.44. The average molecular weight is 278 g/mol. The summed E-state index contributed by atoms with van der Waals surface area (Å²) in [5.74, 6) is 0.108. The zero-order chi connectivity index (χ0) is 13.3. The van der Waals surface area contributed by atoms with Crippen LogP contribution in [0.15, 0.2) is 24.5 Å². The lowest BCUT2D eigenvalue weighted by Gasteiger charge is -2.11. The van der Waals surface area contributed by atoms with Gasteiger partial charge in [0.25, 0.3) is 0 Å². The number of halogens is 4. The minimum atomic E-state index is -4.47. The van der Waals surface area contributed by atoms with Crippen LogP contribution in [0.1, 0.15) is 11.4 Å². The van der Waals surface area contributed by atoms with Gasteiger partial charge in [0.2, 0.25) is 0 Å². The molecule has 1 aromatic heterocycles. The predicted octanol–water partition coefficient (Wildman–Crippen LogP) is 2.43. The van der Waals surface area contributed by atoms with E-state index in [4.69, 9.17) is 16.7 Å². The average Bonchev–Trinajstić information content (AvgIpc) is 2.76. The Morgan fingerprint density at radius 2 is 2.06 bits per heavy atom. The monoisotopic (exact) mass is 277 g/mol. The highest BCUT2D eigenvalue weighted by Gasteiger charge is 2.31. The van der Waals surface area contributed by atoms with Gasteiger partial charge in [-0.1, -0.05) is 11.6 Å². The van der Waals surface area contributed by atoms with Crippen LogP contribution in [0.4, 0.5) is 13.2 Å². The summed E-state index contributed by atoms with van der Waals surface area (Å²) in [5.41, 5.74) is -0.764. The fourth-order valence-corrected chi connectivity index (χ4v) is 1.65. The Bertz CT molecular complexity index is 568. The van der Waals surface area contributed by atoms with Gasteiger partial charge in [0.05, 0.1) is 16.3 Å². The maximum absolute atomic E-state index is 12.6. The van der Waals surface area contributed by atoms with Crippen molar-refractivity contribution in [2.75, 3.05) is 0 Å². The molecule has 18 heavy (non-hydrogen) atoms. The number of alkyl halides is 3. The summed E-state index contributed by atoms with van der Waals surface area (Å²) in [6.45, 7) is -0.452. The normalized spacial score (nSPS) is 11.8. The smallest absolute Gasteiger partial charge is 0.388 e. The van der Waals surface area contributed by atoms with Gasteiger partial charge in [0.1, 0.15) is 12.9 Å². The second kappa shape index (κ2) is 4.58. The summed E-state index contributed by atoms with van der Waals surface area (Å²) in [7, 11) is 0. The van der Waals surface area contributed by atoms with E-state index in [9.17, 15) is 13.2 Å². The molecular formula is C10H7ClF3N3O. The third kappa shape index (κ3) is 2.32. The predicted molar refractivity (Wildman–Crippen MR) is 57.3 cm³/mol. The van der Waals surface area contributed by atoms with Gasteiger partial charge in [-0.2, -0.15) is 13.2 Å². The molecule has 0 spiro atoms. The van der Waals surface area contributed by atoms with Crippen molar-refractivity contribution in [1.82, 2.24) is 14.8 Å². The van der Waals surface area contributed by atoms with E-state index < -0.39 is 18.3 Å². The molecular weight excluding hydrogens is 271 g/mol. The Labute approximate surface area is 105 Å². The minimum absolute atomic E-state index is 0.0699. The summed E-state index contributed by atoms with van der Waals surface area (Å²) in [5, 5.41) is 16.2. The highest BCUT2D eigenvalue weighted by Crippen LogP contribution is 2.33. The molecule has 0 saturated heterocycles. The first-order chi connectivity index (χ1) is 8.43. The lowest BCUT2D eigenvalue weighted by Crippen LogP contribution is -2.07. The molecule has 0 unspecified atom stereocenters. The zero-order valence-electron chi connectivity index (χ0n) is 8.82. The summed E-state index contributed by atoms with van der Waals surface area (Å²) in [6.07, 6.45) is -3.28. The molecule has 2 aromatic rings. The van der Waals surface area contributed by atoms with Gasteiger partial charge in [0.15, 0.2) is 5.82 Å². The first-order valence-corrected chi connectivity index (χ1v) is 5.18. The largest absolute Gasteiger partial charge is 0.416 e. The van der Waals surface area contributed by atoms with Gasteiger partial charge in [-0.15, -0.1) is 10.2 Å². The van der Waals surface area contributed by atoms with Crippen molar-refractivity contribution in [3.8, 4) is 5.69 Å². The number of hydrogen-bond donors (Lipinski definition) is 1. The summed E-state index contributed by atoms with van der Waals surface area (Å²) >= 11 is 5.84. The molecule has 0 fully saturated rings. The molecule has 0 aliphatic carbocycles. The molecule has 1 aromatic carbocycles. The molecule has 0 bridgehead atoms. The summed E-state index contributed by atoms with van der Waals surface area (Å²) in [6, 6.07) is 2.90. The van der Waals surface area contributed by atoms with Gasteiger partial charge >= 0.3 is 6.18 Å². The Morgan fingerprint density at radius 1 is 1.33 bits per heavy atom. The van der Waals surface area contributed by atoms with Gasteiger partial charge in [-0.25, -0.2) is 0 Å². The highest BCUT2D eigenvalue weighted by molar-refractivity contribution is 6.32. The minimum Gasteiger partial charge on any atom is -0.388 e. The lowest BCUT2D eigenvalue weighted by atomic mass is 10.2. The molecule has 0 amide bonds. The van der Waals surface area contributed by atoms with E-state index in [1.807, 2.05) is 0 Å². The number of benzene rings is 1. The van der Waals surface area contributed by atoms with E-state index in [1.165, 1.54) is 10.9 Å². The Kier molecular flexibility index (Phi) is 3.27. The molecule has 0 saturated carbocycles. The van der Waals surface area contributed by atoms with E-state index in [-0.39, 0.29) is 16.5 Å². The number of aromatic nitrogens is 3. The highest BCUT2D eigenvalue weighted by atomic mass is 35.5. The second-order valence-corrected chi connectivity index (χ2v) is 3.85. The van der Waals surface area contributed by atoms with Gasteiger partial charge in [-0.05, 0) is 18.2 Å². The van der Waals surface area contributed by atoms with Crippen LogP contribution in [-0.4, -0.2) is 19.9 Å². The topological polar surface area (TPSA) is 50.9 Å². The van der Waals surface area contributed by atoms with E-state index >= 15 is 0 Å². The number of rotatable bonds is 2. The maximum Gasteiger partial charge on any atom is 0.416 e. The van der Waals surface area contributed by atoms with E-state index in [0.717, 1.165) is 18.2 Å². The molecule has 1 heterocycles. The lowest BCUT2D eigenvalue weighted by molar-refractivity contribution is -0.137. The quantitative estimate of drug-likeness (QED) is 0.917. The summed E-state index contributed by atoms with van der Waals surface area (Å²) in [4.78, 5) is 0. The SMILES string of the molecule is OCc1nncn1-c1cc(C(F)(F)F)ccc1Cl.